The van der Waals surface area contributed by atoms with Crippen LogP contribution in [0.15, 0.2) is 23.1 Å². The second-order valence-corrected chi connectivity index (χ2v) is 4.47. The molecule has 16 heavy (non-hydrogen) atoms. The molecule has 0 spiro atoms. The molecule has 1 heterocycles. The van der Waals surface area contributed by atoms with Crippen LogP contribution in [-0.2, 0) is 9.47 Å². The molecule has 0 bridgehead atoms. The van der Waals surface area contributed by atoms with Gasteiger partial charge in [0, 0.05) is 23.7 Å². The van der Waals surface area contributed by atoms with Crippen LogP contribution in [0.4, 0.5) is 0 Å². The normalized spacial score (nSPS) is 25.0. The Kier molecular flexibility index (Phi) is 3.54. The van der Waals surface area contributed by atoms with Gasteiger partial charge in [-0.05, 0) is 17.9 Å². The summed E-state index contributed by atoms with van der Waals surface area (Å²) in [5.74, 6) is 0.435. The Morgan fingerprint density at radius 1 is 1.38 bits per heavy atom. The lowest BCUT2D eigenvalue weighted by Crippen LogP contribution is -2.23. The summed E-state index contributed by atoms with van der Waals surface area (Å²) in [6, 6.07) is 7.48. The molecule has 1 saturated heterocycles. The lowest BCUT2D eigenvalue weighted by Gasteiger charge is -2.27. The van der Waals surface area contributed by atoms with Crippen LogP contribution in [0, 0.1) is 11.3 Å². The second-order valence-electron chi connectivity index (χ2n) is 3.99. The van der Waals surface area contributed by atoms with Gasteiger partial charge in [-0.25, -0.2) is 0 Å². The van der Waals surface area contributed by atoms with Crippen molar-refractivity contribution in [2.24, 2.45) is 0 Å². The Hall–Kier alpha value is -0.955. The fraction of sp³-hybridized carbons (Fsp3) is 0.364. The summed E-state index contributed by atoms with van der Waals surface area (Å²) >= 11 is 4.25. The molecule has 82 valence electrons. The third-order valence-corrected chi connectivity index (χ3v) is 2.85. The minimum absolute atomic E-state index is 0.324. The predicted molar refractivity (Wildman–Crippen MR) is 65.3 cm³/mol. The van der Waals surface area contributed by atoms with Gasteiger partial charge in [-0.1, -0.05) is 6.07 Å². The largest absolute Gasteiger partial charge is 0.349 e. The highest BCUT2D eigenvalue weighted by atomic mass is 32.1. The van der Waals surface area contributed by atoms with Crippen molar-refractivity contribution in [3.8, 4) is 6.07 Å². The van der Waals surface area contributed by atoms with Gasteiger partial charge in [0.2, 0.25) is 0 Å². The highest BCUT2D eigenvalue weighted by molar-refractivity contribution is 7.80. The van der Waals surface area contributed by atoms with Gasteiger partial charge in [-0.2, -0.15) is 5.26 Å². The van der Waals surface area contributed by atoms with Crippen LogP contribution in [0.2, 0.25) is 5.82 Å². The van der Waals surface area contributed by atoms with Crippen LogP contribution < -0.4 is 0 Å². The van der Waals surface area contributed by atoms with E-state index in [-0.39, 0.29) is 6.29 Å². The molecule has 0 aromatic heterocycles. The van der Waals surface area contributed by atoms with Gasteiger partial charge < -0.3 is 9.47 Å². The topological polar surface area (TPSA) is 42.2 Å². The fourth-order valence-electron chi connectivity index (χ4n) is 1.58. The molecule has 1 aromatic carbocycles. The van der Waals surface area contributed by atoms with Gasteiger partial charge in [0.15, 0.2) is 6.29 Å². The quantitative estimate of drug-likeness (QED) is 0.587. The predicted octanol–water partition coefficient (Wildman–Crippen LogP) is 1.31. The standard InChI is InChI=1S/C11H12BNO2S/c12-9-5-14-11(15-6-9)7-1-2-8(4-13)10(16)3-7/h1-3,9,11,16H,5-6,12H2. The number of rotatable bonds is 1. The fourth-order valence-corrected chi connectivity index (χ4v) is 1.86. The summed E-state index contributed by atoms with van der Waals surface area (Å²) in [7, 11) is 2.08. The Balaban J connectivity index is 2.16. The molecule has 3 nitrogen and oxygen atoms in total. The molecule has 0 unspecified atom stereocenters. The molecule has 0 amide bonds. The number of hydrogen-bond acceptors (Lipinski definition) is 4. The first-order chi connectivity index (χ1) is 7.70. The lowest BCUT2D eigenvalue weighted by molar-refractivity contribution is -0.182. The maximum atomic E-state index is 8.79. The monoisotopic (exact) mass is 233 g/mol. The molecule has 1 aliphatic rings. The maximum Gasteiger partial charge on any atom is 0.183 e. The average molecular weight is 233 g/mol. The number of nitrogens with zero attached hydrogens (tertiary/aromatic N) is 1. The van der Waals surface area contributed by atoms with E-state index in [0.29, 0.717) is 29.5 Å². The van der Waals surface area contributed by atoms with Gasteiger partial charge >= 0.3 is 0 Å². The summed E-state index contributed by atoms with van der Waals surface area (Å²) in [6.45, 7) is 1.40. The van der Waals surface area contributed by atoms with E-state index in [0.717, 1.165) is 5.56 Å². The van der Waals surface area contributed by atoms with Crippen molar-refractivity contribution < 1.29 is 9.47 Å². The molecule has 0 radical (unpaired) electrons. The molecule has 1 fully saturated rings. The first-order valence-corrected chi connectivity index (χ1v) is 5.61. The van der Waals surface area contributed by atoms with E-state index < -0.39 is 0 Å². The molecule has 5 heteroatoms. The molecule has 0 saturated carbocycles. The van der Waals surface area contributed by atoms with Crippen LogP contribution >= 0.6 is 12.6 Å². The maximum absolute atomic E-state index is 8.79. The zero-order valence-corrected chi connectivity index (χ0v) is 9.91. The summed E-state index contributed by atoms with van der Waals surface area (Å²) < 4.78 is 11.1. The van der Waals surface area contributed by atoms with E-state index in [4.69, 9.17) is 14.7 Å². The van der Waals surface area contributed by atoms with Gasteiger partial charge in [-0.15, -0.1) is 12.6 Å². The molecule has 1 aromatic rings. The molecule has 0 N–H and O–H groups in total. The summed E-state index contributed by atoms with van der Waals surface area (Å²) in [5.41, 5.74) is 1.48. The van der Waals surface area contributed by atoms with E-state index in [2.05, 4.69) is 26.5 Å². The van der Waals surface area contributed by atoms with Crippen LogP contribution in [0.25, 0.3) is 0 Å². The molecule has 2 rings (SSSR count). The molecular weight excluding hydrogens is 221 g/mol. The minimum Gasteiger partial charge on any atom is -0.349 e. The number of ether oxygens (including phenoxy) is 2. The van der Waals surface area contributed by atoms with E-state index in [1.54, 1.807) is 6.07 Å². The summed E-state index contributed by atoms with van der Waals surface area (Å²) in [4.78, 5) is 0.658. The lowest BCUT2D eigenvalue weighted by atomic mass is 9.89. The smallest absolute Gasteiger partial charge is 0.183 e. The van der Waals surface area contributed by atoms with E-state index in [1.165, 1.54) is 0 Å². The Morgan fingerprint density at radius 3 is 2.62 bits per heavy atom. The Morgan fingerprint density at radius 2 is 2.06 bits per heavy atom. The van der Waals surface area contributed by atoms with Crippen LogP contribution in [-0.4, -0.2) is 21.1 Å². The van der Waals surface area contributed by atoms with Crippen molar-refractivity contribution in [2.75, 3.05) is 13.2 Å². The van der Waals surface area contributed by atoms with Crippen molar-refractivity contribution in [3.05, 3.63) is 29.3 Å². The van der Waals surface area contributed by atoms with Crippen LogP contribution in [0.1, 0.15) is 17.4 Å². The highest BCUT2D eigenvalue weighted by Crippen LogP contribution is 2.28. The first-order valence-electron chi connectivity index (χ1n) is 5.17. The third kappa shape index (κ3) is 2.41. The minimum atomic E-state index is -0.324. The van der Waals surface area contributed by atoms with Crippen molar-refractivity contribution >= 4 is 20.5 Å². The number of benzene rings is 1. The number of nitriles is 1. The zero-order chi connectivity index (χ0) is 11.5. The number of hydrogen-bond donors (Lipinski definition) is 1. The van der Waals surface area contributed by atoms with Gasteiger partial charge in [0.25, 0.3) is 0 Å². The van der Waals surface area contributed by atoms with E-state index in [9.17, 15) is 0 Å². The van der Waals surface area contributed by atoms with Crippen molar-refractivity contribution in [1.29, 1.82) is 5.26 Å². The van der Waals surface area contributed by atoms with Gasteiger partial charge in [0.1, 0.15) is 13.9 Å². The van der Waals surface area contributed by atoms with Gasteiger partial charge in [0.05, 0.1) is 5.56 Å². The van der Waals surface area contributed by atoms with Crippen molar-refractivity contribution in [3.63, 3.8) is 0 Å². The Labute approximate surface area is 101 Å². The SMILES string of the molecule is BC1COC(c2ccc(C#N)c(S)c2)OC1. The molecular formula is C11H12BNO2S. The van der Waals surface area contributed by atoms with Gasteiger partial charge in [-0.3, -0.25) is 0 Å². The first kappa shape index (κ1) is 11.5. The highest BCUT2D eigenvalue weighted by Gasteiger charge is 2.21. The van der Waals surface area contributed by atoms with E-state index >= 15 is 0 Å². The molecule has 1 aliphatic heterocycles. The van der Waals surface area contributed by atoms with Crippen molar-refractivity contribution in [2.45, 2.75) is 17.0 Å². The van der Waals surface area contributed by atoms with E-state index in [1.807, 2.05) is 12.1 Å². The third-order valence-electron chi connectivity index (χ3n) is 2.48. The molecule has 0 atom stereocenters. The number of thiol groups is 1. The average Bonchev–Trinajstić information content (AvgIpc) is 2.30. The molecule has 0 aliphatic carbocycles. The summed E-state index contributed by atoms with van der Waals surface area (Å²) in [6.07, 6.45) is -0.324. The summed E-state index contributed by atoms with van der Waals surface area (Å²) in [5, 5.41) is 8.79. The second kappa shape index (κ2) is 4.92. The Bertz CT molecular complexity index is 424. The van der Waals surface area contributed by atoms with Crippen LogP contribution in [0.5, 0.6) is 0 Å². The zero-order valence-electron chi connectivity index (χ0n) is 9.01. The van der Waals surface area contributed by atoms with Crippen LogP contribution in [0.3, 0.4) is 0 Å². The van der Waals surface area contributed by atoms with Crippen molar-refractivity contribution in [1.82, 2.24) is 0 Å².